The number of esters is 1. The van der Waals surface area contributed by atoms with Crippen molar-refractivity contribution in [2.75, 3.05) is 12.8 Å². The molecule has 2 rings (SSSR count). The van der Waals surface area contributed by atoms with E-state index in [1.807, 2.05) is 37.5 Å². The lowest BCUT2D eigenvalue weighted by atomic mass is 10.1. The van der Waals surface area contributed by atoms with Crippen molar-refractivity contribution in [3.8, 4) is 11.1 Å². The summed E-state index contributed by atoms with van der Waals surface area (Å²) in [5, 5.41) is 0. The Bertz CT molecular complexity index is 547. The van der Waals surface area contributed by atoms with Gasteiger partial charge in [0.25, 0.3) is 0 Å². The number of aromatic nitrogens is 1. The molecule has 0 spiro atoms. The number of carbonyl (C=O) groups excluding carboxylic acids is 1. The highest BCUT2D eigenvalue weighted by molar-refractivity contribution is 5.89. The Labute approximate surface area is 112 Å². The fourth-order valence-corrected chi connectivity index (χ4v) is 1.71. The van der Waals surface area contributed by atoms with Crippen LogP contribution in [0, 0.1) is 0 Å². The Morgan fingerprint density at radius 2 is 1.83 bits per heavy atom. The first-order chi connectivity index (χ1) is 8.11. The molecule has 4 nitrogen and oxygen atoms in total. The number of nitrogens with zero attached hydrogens (tertiary/aromatic N) is 1. The maximum atomic E-state index is 11.5. The van der Waals surface area contributed by atoms with Crippen LogP contribution in [-0.2, 0) is 11.8 Å². The zero-order valence-electron chi connectivity index (χ0n) is 10.2. The maximum absolute atomic E-state index is 11.5. The van der Waals surface area contributed by atoms with Gasteiger partial charge in [-0.05, 0) is 23.8 Å². The van der Waals surface area contributed by atoms with Crippen molar-refractivity contribution in [1.29, 1.82) is 0 Å². The first kappa shape index (κ1) is 14.1. The third-order valence-corrected chi connectivity index (χ3v) is 2.64. The van der Waals surface area contributed by atoms with Crippen molar-refractivity contribution >= 4 is 24.1 Å². The minimum atomic E-state index is -0.339. The molecule has 0 saturated carbocycles. The van der Waals surface area contributed by atoms with Crippen LogP contribution in [0.15, 0.2) is 36.5 Å². The van der Waals surface area contributed by atoms with Gasteiger partial charge in [-0.3, -0.25) is 0 Å². The largest absolute Gasteiger partial charge is 0.464 e. The number of carbonyl (C=O) groups is 1. The molecule has 0 radical (unpaired) electrons. The molecule has 18 heavy (non-hydrogen) atoms. The second-order valence-corrected chi connectivity index (χ2v) is 3.84. The summed E-state index contributed by atoms with van der Waals surface area (Å²) in [5.74, 6) is -0.339. The van der Waals surface area contributed by atoms with E-state index < -0.39 is 0 Å². The first-order valence-corrected chi connectivity index (χ1v) is 5.22. The molecule has 2 N–H and O–H groups in total. The third-order valence-electron chi connectivity index (χ3n) is 2.64. The van der Waals surface area contributed by atoms with Crippen LogP contribution < -0.4 is 5.73 Å². The molecule has 1 aromatic carbocycles. The smallest absolute Gasteiger partial charge is 0.354 e. The first-order valence-electron chi connectivity index (χ1n) is 5.22. The highest BCUT2D eigenvalue weighted by Crippen LogP contribution is 2.23. The second-order valence-electron chi connectivity index (χ2n) is 3.84. The van der Waals surface area contributed by atoms with E-state index in [1.54, 1.807) is 10.6 Å². The summed E-state index contributed by atoms with van der Waals surface area (Å²) in [6.45, 7) is 0. The van der Waals surface area contributed by atoms with Crippen molar-refractivity contribution in [2.45, 2.75) is 0 Å². The number of nitrogen functional groups attached to an aromatic ring is 1. The van der Waals surface area contributed by atoms with Crippen LogP contribution >= 0.6 is 12.4 Å². The Kier molecular flexibility index (Phi) is 4.39. The number of ether oxygens (including phenoxy) is 1. The average Bonchev–Trinajstić information content (AvgIpc) is 2.71. The number of aryl methyl sites for hydroxylation is 1. The summed E-state index contributed by atoms with van der Waals surface area (Å²) in [4.78, 5) is 11.5. The molecule has 1 aromatic heterocycles. The van der Waals surface area contributed by atoms with Crippen LogP contribution in [0.1, 0.15) is 10.5 Å². The van der Waals surface area contributed by atoms with Crippen molar-refractivity contribution in [3.63, 3.8) is 0 Å². The number of anilines is 1. The van der Waals surface area contributed by atoms with Crippen LogP contribution in [-0.4, -0.2) is 17.6 Å². The SMILES string of the molecule is COC(=O)c1cc(-c2ccc(N)cc2)cn1C.Cl. The number of halogens is 1. The predicted octanol–water partition coefficient (Wildman–Crippen LogP) is 2.48. The summed E-state index contributed by atoms with van der Waals surface area (Å²) in [6, 6.07) is 9.31. The van der Waals surface area contributed by atoms with Gasteiger partial charge in [0.15, 0.2) is 0 Å². The highest BCUT2D eigenvalue weighted by atomic mass is 35.5. The molecule has 0 amide bonds. The normalized spacial score (nSPS) is 9.67. The van der Waals surface area contributed by atoms with E-state index in [2.05, 4.69) is 0 Å². The molecule has 0 aliphatic carbocycles. The lowest BCUT2D eigenvalue weighted by molar-refractivity contribution is 0.0590. The van der Waals surface area contributed by atoms with Gasteiger partial charge in [0.05, 0.1) is 7.11 Å². The Morgan fingerprint density at radius 3 is 2.39 bits per heavy atom. The van der Waals surface area contributed by atoms with Crippen LogP contribution in [0.5, 0.6) is 0 Å². The Hall–Kier alpha value is -1.94. The summed E-state index contributed by atoms with van der Waals surface area (Å²) >= 11 is 0. The van der Waals surface area contributed by atoms with E-state index in [9.17, 15) is 4.79 Å². The average molecular weight is 267 g/mol. The number of hydrogen-bond donors (Lipinski definition) is 1. The molecule has 96 valence electrons. The van der Waals surface area contributed by atoms with Crippen molar-refractivity contribution in [2.24, 2.45) is 7.05 Å². The molecule has 5 heteroatoms. The van der Waals surface area contributed by atoms with Gasteiger partial charge < -0.3 is 15.0 Å². The molecule has 0 bridgehead atoms. The van der Waals surface area contributed by atoms with Gasteiger partial charge >= 0.3 is 5.97 Å². The molecule has 2 aromatic rings. The van der Waals surface area contributed by atoms with Gasteiger partial charge in [-0.25, -0.2) is 4.79 Å². The molecule has 0 atom stereocenters. The van der Waals surface area contributed by atoms with Crippen LogP contribution in [0.25, 0.3) is 11.1 Å². The second kappa shape index (κ2) is 5.60. The van der Waals surface area contributed by atoms with Crippen LogP contribution in [0.4, 0.5) is 5.69 Å². The van der Waals surface area contributed by atoms with Crippen molar-refractivity contribution < 1.29 is 9.53 Å². The summed E-state index contributed by atoms with van der Waals surface area (Å²) in [5.41, 5.74) is 8.86. The topological polar surface area (TPSA) is 57.2 Å². The van der Waals surface area contributed by atoms with E-state index in [1.165, 1.54) is 7.11 Å². The number of nitrogens with two attached hydrogens (primary N) is 1. The quantitative estimate of drug-likeness (QED) is 0.671. The molecular formula is C13H15ClN2O2. The van der Waals surface area contributed by atoms with E-state index in [-0.39, 0.29) is 18.4 Å². The summed E-state index contributed by atoms with van der Waals surface area (Å²) in [6.07, 6.45) is 1.89. The molecule has 0 unspecified atom stereocenters. The third kappa shape index (κ3) is 2.65. The summed E-state index contributed by atoms with van der Waals surface area (Å²) < 4.78 is 6.45. The van der Waals surface area contributed by atoms with Crippen molar-refractivity contribution in [3.05, 3.63) is 42.2 Å². The standard InChI is InChI=1S/C13H14N2O2.ClH/c1-15-8-10(7-12(15)13(16)17-2)9-3-5-11(14)6-4-9;/h3-8H,14H2,1-2H3;1H. The molecule has 0 saturated heterocycles. The zero-order valence-corrected chi connectivity index (χ0v) is 11.0. The molecule has 0 aliphatic heterocycles. The minimum absolute atomic E-state index is 0. The lowest BCUT2D eigenvalue weighted by Gasteiger charge is -1.98. The number of rotatable bonds is 2. The molecule has 0 fully saturated rings. The van der Waals surface area contributed by atoms with Gasteiger partial charge in [-0.2, -0.15) is 0 Å². The van der Waals surface area contributed by atoms with Crippen LogP contribution in [0.3, 0.4) is 0 Å². The molecular weight excluding hydrogens is 252 g/mol. The van der Waals surface area contributed by atoms with Gasteiger partial charge in [-0.15, -0.1) is 12.4 Å². The van der Waals surface area contributed by atoms with E-state index in [4.69, 9.17) is 10.5 Å². The zero-order chi connectivity index (χ0) is 12.4. The fourth-order valence-electron chi connectivity index (χ4n) is 1.71. The lowest BCUT2D eigenvalue weighted by Crippen LogP contribution is -2.06. The number of hydrogen-bond acceptors (Lipinski definition) is 3. The molecule has 1 heterocycles. The fraction of sp³-hybridized carbons (Fsp3) is 0.154. The highest BCUT2D eigenvalue weighted by Gasteiger charge is 2.12. The van der Waals surface area contributed by atoms with E-state index >= 15 is 0 Å². The van der Waals surface area contributed by atoms with Gasteiger partial charge in [-0.1, -0.05) is 12.1 Å². The Morgan fingerprint density at radius 1 is 1.22 bits per heavy atom. The van der Waals surface area contributed by atoms with E-state index in [0.29, 0.717) is 5.69 Å². The minimum Gasteiger partial charge on any atom is -0.464 e. The summed E-state index contributed by atoms with van der Waals surface area (Å²) in [7, 11) is 3.19. The monoisotopic (exact) mass is 266 g/mol. The van der Waals surface area contributed by atoms with Gasteiger partial charge in [0.2, 0.25) is 0 Å². The van der Waals surface area contributed by atoms with Gasteiger partial charge in [0.1, 0.15) is 5.69 Å². The predicted molar refractivity (Wildman–Crippen MR) is 73.8 cm³/mol. The number of methoxy groups -OCH3 is 1. The number of benzene rings is 1. The maximum Gasteiger partial charge on any atom is 0.354 e. The molecule has 0 aliphatic rings. The Balaban J connectivity index is 0.00000162. The van der Waals surface area contributed by atoms with Crippen LogP contribution in [0.2, 0.25) is 0 Å². The van der Waals surface area contributed by atoms with Gasteiger partial charge in [0, 0.05) is 24.5 Å². The van der Waals surface area contributed by atoms with Crippen molar-refractivity contribution in [1.82, 2.24) is 4.57 Å². The van der Waals surface area contributed by atoms with E-state index in [0.717, 1.165) is 16.8 Å².